The largest absolute Gasteiger partial charge is 0.348 e. The highest BCUT2D eigenvalue weighted by atomic mass is 16.1. The van der Waals surface area contributed by atoms with Crippen molar-refractivity contribution in [1.82, 2.24) is 15.1 Å². The first-order valence-corrected chi connectivity index (χ1v) is 7.50. The van der Waals surface area contributed by atoms with Gasteiger partial charge in [-0.3, -0.25) is 9.48 Å². The zero-order valence-corrected chi connectivity index (χ0v) is 13.6. The normalized spacial score (nSPS) is 11.3. The molecule has 0 aliphatic rings. The van der Waals surface area contributed by atoms with Crippen molar-refractivity contribution in [3.63, 3.8) is 0 Å². The molecule has 22 heavy (non-hydrogen) atoms. The van der Waals surface area contributed by atoms with Gasteiger partial charge in [0, 0.05) is 31.4 Å². The molecular formula is C18H23N3O. The van der Waals surface area contributed by atoms with Crippen LogP contribution >= 0.6 is 0 Å². The van der Waals surface area contributed by atoms with Crippen LogP contribution in [0.3, 0.4) is 0 Å². The number of rotatable bonds is 5. The molecule has 0 fully saturated rings. The molecule has 4 nitrogen and oxygen atoms in total. The highest BCUT2D eigenvalue weighted by Crippen LogP contribution is 2.15. The third kappa shape index (κ3) is 4.32. The van der Waals surface area contributed by atoms with Crippen molar-refractivity contribution in [3.05, 3.63) is 58.9 Å². The lowest BCUT2D eigenvalue weighted by molar-refractivity contribution is -0.116. The number of nitrogens with one attached hydrogen (secondary N) is 1. The fraction of sp³-hybridized carbons (Fsp3) is 0.333. The van der Waals surface area contributed by atoms with E-state index >= 15 is 0 Å². The summed E-state index contributed by atoms with van der Waals surface area (Å²) < 4.78 is 1.75. The van der Waals surface area contributed by atoms with Crippen molar-refractivity contribution in [2.24, 2.45) is 7.05 Å². The van der Waals surface area contributed by atoms with Gasteiger partial charge in [0.1, 0.15) is 0 Å². The molecule has 0 bridgehead atoms. The topological polar surface area (TPSA) is 46.9 Å². The van der Waals surface area contributed by atoms with Crippen molar-refractivity contribution in [1.29, 1.82) is 0 Å². The molecule has 1 heterocycles. The lowest BCUT2D eigenvalue weighted by Gasteiger charge is -2.04. The van der Waals surface area contributed by atoms with Gasteiger partial charge in [-0.05, 0) is 30.0 Å². The lowest BCUT2D eigenvalue weighted by Crippen LogP contribution is -2.20. The molecule has 1 amide bonds. The third-order valence-corrected chi connectivity index (χ3v) is 3.60. The van der Waals surface area contributed by atoms with Gasteiger partial charge in [-0.25, -0.2) is 0 Å². The van der Waals surface area contributed by atoms with E-state index in [0.29, 0.717) is 12.5 Å². The van der Waals surface area contributed by atoms with Crippen LogP contribution in [0.2, 0.25) is 0 Å². The number of aromatic nitrogens is 2. The van der Waals surface area contributed by atoms with Crippen LogP contribution in [0.25, 0.3) is 6.08 Å². The molecule has 0 aliphatic heterocycles. The average Bonchev–Trinajstić information content (AvgIpc) is 2.81. The maximum atomic E-state index is 11.9. The van der Waals surface area contributed by atoms with Gasteiger partial charge in [0.05, 0.1) is 5.69 Å². The SMILES string of the molecule is Cc1nn(C)cc1CNC(=O)/C=C/c1ccc(C(C)C)cc1. The Labute approximate surface area is 131 Å². The van der Waals surface area contributed by atoms with Crippen LogP contribution in [-0.2, 0) is 18.4 Å². The Kier molecular flexibility index (Phi) is 5.15. The molecule has 0 aliphatic carbocycles. The molecule has 0 atom stereocenters. The Bertz CT molecular complexity index is 666. The molecule has 4 heteroatoms. The van der Waals surface area contributed by atoms with Crippen LogP contribution in [-0.4, -0.2) is 15.7 Å². The van der Waals surface area contributed by atoms with Crippen molar-refractivity contribution in [2.45, 2.75) is 33.2 Å². The van der Waals surface area contributed by atoms with Crippen LogP contribution in [0.15, 0.2) is 36.5 Å². The zero-order valence-electron chi connectivity index (χ0n) is 13.6. The summed E-state index contributed by atoms with van der Waals surface area (Å²) in [6.45, 7) is 6.76. The van der Waals surface area contributed by atoms with E-state index in [1.54, 1.807) is 10.8 Å². The van der Waals surface area contributed by atoms with Gasteiger partial charge in [0.15, 0.2) is 0 Å². The molecule has 0 radical (unpaired) electrons. The number of hydrogen-bond acceptors (Lipinski definition) is 2. The summed E-state index contributed by atoms with van der Waals surface area (Å²) >= 11 is 0. The van der Waals surface area contributed by atoms with Crippen LogP contribution in [0, 0.1) is 6.92 Å². The van der Waals surface area contributed by atoms with Crippen molar-refractivity contribution < 1.29 is 4.79 Å². The number of carbonyl (C=O) groups is 1. The van der Waals surface area contributed by atoms with Crippen LogP contribution in [0.4, 0.5) is 0 Å². The molecule has 1 N–H and O–H groups in total. The maximum Gasteiger partial charge on any atom is 0.244 e. The summed E-state index contributed by atoms with van der Waals surface area (Å²) in [7, 11) is 1.87. The minimum atomic E-state index is -0.101. The monoisotopic (exact) mass is 297 g/mol. The van der Waals surface area contributed by atoms with Crippen LogP contribution < -0.4 is 5.32 Å². The third-order valence-electron chi connectivity index (χ3n) is 3.60. The smallest absolute Gasteiger partial charge is 0.244 e. The Balaban J connectivity index is 1.89. The van der Waals surface area contributed by atoms with E-state index in [2.05, 4.69) is 36.4 Å². The molecular weight excluding hydrogens is 274 g/mol. The van der Waals surface area contributed by atoms with Gasteiger partial charge < -0.3 is 5.32 Å². The fourth-order valence-electron chi connectivity index (χ4n) is 2.23. The van der Waals surface area contributed by atoms with Crippen molar-refractivity contribution >= 4 is 12.0 Å². The summed E-state index contributed by atoms with van der Waals surface area (Å²) in [6, 6.07) is 8.26. The quantitative estimate of drug-likeness (QED) is 0.862. The van der Waals surface area contributed by atoms with E-state index in [4.69, 9.17) is 0 Å². The van der Waals surface area contributed by atoms with Crippen molar-refractivity contribution in [3.8, 4) is 0 Å². The van der Waals surface area contributed by atoms with E-state index in [1.807, 2.05) is 38.4 Å². The predicted octanol–water partition coefficient (Wildman–Crippen LogP) is 3.18. The molecule has 116 valence electrons. The summed E-state index contributed by atoms with van der Waals surface area (Å²) in [4.78, 5) is 11.9. The summed E-state index contributed by atoms with van der Waals surface area (Å²) in [6.07, 6.45) is 5.32. The summed E-state index contributed by atoms with van der Waals surface area (Å²) in [5, 5.41) is 7.13. The fourth-order valence-corrected chi connectivity index (χ4v) is 2.23. The van der Waals surface area contributed by atoms with Gasteiger partial charge in [-0.15, -0.1) is 0 Å². The molecule has 0 saturated heterocycles. The van der Waals surface area contributed by atoms with Gasteiger partial charge in [0.25, 0.3) is 0 Å². The van der Waals surface area contributed by atoms with Crippen LogP contribution in [0.1, 0.15) is 42.1 Å². The number of aryl methyl sites for hydroxylation is 2. The second kappa shape index (κ2) is 7.07. The Hall–Kier alpha value is -2.36. The highest BCUT2D eigenvalue weighted by molar-refractivity contribution is 5.91. The predicted molar refractivity (Wildman–Crippen MR) is 89.4 cm³/mol. The number of carbonyl (C=O) groups excluding carboxylic acids is 1. The first-order valence-electron chi connectivity index (χ1n) is 7.50. The highest BCUT2D eigenvalue weighted by Gasteiger charge is 2.04. The second-order valence-corrected chi connectivity index (χ2v) is 5.79. The van der Waals surface area contributed by atoms with Gasteiger partial charge in [-0.2, -0.15) is 5.10 Å². The average molecular weight is 297 g/mol. The number of amides is 1. The second-order valence-electron chi connectivity index (χ2n) is 5.79. The Morgan fingerprint density at radius 3 is 2.55 bits per heavy atom. The van der Waals surface area contributed by atoms with Gasteiger partial charge in [0.2, 0.25) is 5.91 Å². The van der Waals surface area contributed by atoms with Crippen LogP contribution in [0.5, 0.6) is 0 Å². The molecule has 2 aromatic rings. The van der Waals surface area contributed by atoms with Gasteiger partial charge in [-0.1, -0.05) is 38.1 Å². The molecule has 0 spiro atoms. The van der Waals surface area contributed by atoms with E-state index < -0.39 is 0 Å². The first kappa shape index (κ1) is 16.0. The number of hydrogen-bond donors (Lipinski definition) is 1. The Morgan fingerprint density at radius 2 is 2.00 bits per heavy atom. The minimum Gasteiger partial charge on any atom is -0.348 e. The standard InChI is InChI=1S/C18H23N3O/c1-13(2)16-8-5-15(6-9-16)7-10-18(22)19-11-17-12-21(4)20-14(17)3/h5-10,12-13H,11H2,1-4H3,(H,19,22)/b10-7+. The molecule has 0 saturated carbocycles. The molecule has 2 rings (SSSR count). The van der Waals surface area contributed by atoms with Crippen molar-refractivity contribution in [2.75, 3.05) is 0 Å². The minimum absolute atomic E-state index is 0.101. The molecule has 1 aromatic carbocycles. The lowest BCUT2D eigenvalue weighted by atomic mass is 10.0. The summed E-state index contributed by atoms with van der Waals surface area (Å²) in [5.74, 6) is 0.417. The summed E-state index contributed by atoms with van der Waals surface area (Å²) in [5.41, 5.74) is 4.30. The van der Waals surface area contributed by atoms with E-state index in [1.165, 1.54) is 5.56 Å². The number of benzene rings is 1. The van der Waals surface area contributed by atoms with E-state index in [9.17, 15) is 4.79 Å². The van der Waals surface area contributed by atoms with E-state index in [0.717, 1.165) is 16.8 Å². The maximum absolute atomic E-state index is 11.9. The molecule has 0 unspecified atom stereocenters. The Morgan fingerprint density at radius 1 is 1.32 bits per heavy atom. The number of nitrogens with zero attached hydrogens (tertiary/aromatic N) is 2. The van der Waals surface area contributed by atoms with Gasteiger partial charge >= 0.3 is 0 Å². The van der Waals surface area contributed by atoms with E-state index in [-0.39, 0.29) is 5.91 Å². The molecule has 1 aromatic heterocycles. The zero-order chi connectivity index (χ0) is 16.1. The first-order chi connectivity index (χ1) is 10.5.